The molecule has 150 valence electrons. The zero-order valence-corrected chi connectivity index (χ0v) is 15.0. The van der Waals surface area contributed by atoms with E-state index in [0.29, 0.717) is 5.69 Å². The van der Waals surface area contributed by atoms with E-state index < -0.39 is 23.7 Å². The Morgan fingerprint density at radius 3 is 2.59 bits per heavy atom. The number of anilines is 2. The smallest absolute Gasteiger partial charge is 0.416 e. The largest absolute Gasteiger partial charge is 0.545 e. The molecule has 1 aromatic heterocycles. The standard InChI is InChI=1S/C20H15F3N2O4/c1-2-29-19(28)15-10-24-16-9-12(20(21,22)23)6-7-14(16)17(15)25-13-5-3-4-11(8-13)18(26)27/h3-10H,2H2,1H3,(H,24,25)(H,26,27)/p-1. The summed E-state index contributed by atoms with van der Waals surface area (Å²) in [5.74, 6) is -2.12. The summed E-state index contributed by atoms with van der Waals surface area (Å²) in [6.45, 7) is 1.70. The van der Waals surface area contributed by atoms with Gasteiger partial charge in [-0.05, 0) is 36.8 Å². The molecule has 2 aromatic carbocycles. The van der Waals surface area contributed by atoms with Crippen LogP contribution in [0.5, 0.6) is 0 Å². The van der Waals surface area contributed by atoms with Crippen LogP contribution in [0.15, 0.2) is 48.7 Å². The number of halogens is 3. The summed E-state index contributed by atoms with van der Waals surface area (Å²) in [6.07, 6.45) is -3.43. The van der Waals surface area contributed by atoms with Gasteiger partial charge in [-0.15, -0.1) is 0 Å². The van der Waals surface area contributed by atoms with Gasteiger partial charge >= 0.3 is 12.1 Å². The van der Waals surface area contributed by atoms with E-state index in [4.69, 9.17) is 4.74 Å². The first-order chi connectivity index (χ1) is 13.7. The van der Waals surface area contributed by atoms with Gasteiger partial charge in [0, 0.05) is 17.3 Å². The fourth-order valence-electron chi connectivity index (χ4n) is 2.74. The lowest BCUT2D eigenvalue weighted by Gasteiger charge is -2.16. The number of carbonyl (C=O) groups excluding carboxylic acids is 2. The quantitative estimate of drug-likeness (QED) is 0.656. The zero-order valence-electron chi connectivity index (χ0n) is 15.0. The molecule has 0 aliphatic carbocycles. The number of benzene rings is 2. The Kier molecular flexibility index (Phi) is 5.40. The van der Waals surface area contributed by atoms with Crippen molar-refractivity contribution in [1.82, 2.24) is 4.98 Å². The van der Waals surface area contributed by atoms with Crippen molar-refractivity contribution >= 4 is 34.2 Å². The molecular weight excluding hydrogens is 389 g/mol. The van der Waals surface area contributed by atoms with Gasteiger partial charge in [0.15, 0.2) is 0 Å². The molecule has 3 rings (SSSR count). The van der Waals surface area contributed by atoms with Crippen LogP contribution < -0.4 is 10.4 Å². The molecule has 0 saturated heterocycles. The minimum Gasteiger partial charge on any atom is -0.545 e. The summed E-state index contributed by atoms with van der Waals surface area (Å²) in [5, 5.41) is 14.2. The van der Waals surface area contributed by atoms with Crippen molar-refractivity contribution in [3.05, 3.63) is 65.4 Å². The van der Waals surface area contributed by atoms with Gasteiger partial charge in [-0.3, -0.25) is 4.98 Å². The van der Waals surface area contributed by atoms with E-state index in [1.807, 2.05) is 0 Å². The number of rotatable bonds is 5. The molecule has 9 heteroatoms. The molecule has 0 unspecified atom stereocenters. The number of nitrogens with zero attached hydrogens (tertiary/aromatic N) is 1. The van der Waals surface area contributed by atoms with Crippen LogP contribution in [0.2, 0.25) is 0 Å². The molecular formula is C20H14F3N2O4-. The lowest BCUT2D eigenvalue weighted by atomic mass is 10.1. The molecule has 1 N–H and O–H groups in total. The van der Waals surface area contributed by atoms with Crippen molar-refractivity contribution in [1.29, 1.82) is 0 Å². The number of nitrogens with one attached hydrogen (secondary N) is 1. The summed E-state index contributed by atoms with van der Waals surface area (Å²) in [5.41, 5.74) is -0.539. The fourth-order valence-corrected chi connectivity index (χ4v) is 2.74. The molecule has 0 fully saturated rings. The lowest BCUT2D eigenvalue weighted by Crippen LogP contribution is -2.22. The Hall–Kier alpha value is -3.62. The fraction of sp³-hybridized carbons (Fsp3) is 0.150. The number of hydrogen-bond donors (Lipinski definition) is 1. The molecule has 0 atom stereocenters. The van der Waals surface area contributed by atoms with Gasteiger partial charge < -0.3 is 20.0 Å². The SMILES string of the molecule is CCOC(=O)c1cnc2cc(C(F)(F)F)ccc2c1Nc1cccc(C(=O)[O-])c1. The van der Waals surface area contributed by atoms with Crippen LogP contribution in [0.4, 0.5) is 24.5 Å². The van der Waals surface area contributed by atoms with E-state index in [0.717, 1.165) is 18.3 Å². The Morgan fingerprint density at radius 2 is 1.93 bits per heavy atom. The molecule has 0 radical (unpaired) electrons. The number of alkyl halides is 3. The molecule has 0 aliphatic rings. The third kappa shape index (κ3) is 4.29. The maximum Gasteiger partial charge on any atom is 0.416 e. The summed E-state index contributed by atoms with van der Waals surface area (Å²) >= 11 is 0. The first kappa shape index (κ1) is 20.1. The first-order valence-electron chi connectivity index (χ1n) is 8.46. The maximum absolute atomic E-state index is 13.0. The van der Waals surface area contributed by atoms with Crippen LogP contribution in [-0.4, -0.2) is 23.5 Å². The zero-order chi connectivity index (χ0) is 21.2. The predicted molar refractivity (Wildman–Crippen MR) is 96.8 cm³/mol. The number of aromatic carboxylic acids is 1. The van der Waals surface area contributed by atoms with Gasteiger partial charge in [-0.2, -0.15) is 13.2 Å². The number of pyridine rings is 1. The van der Waals surface area contributed by atoms with E-state index in [1.54, 1.807) is 6.92 Å². The number of aromatic nitrogens is 1. The number of fused-ring (bicyclic) bond motifs is 1. The normalized spacial score (nSPS) is 11.3. The van der Waals surface area contributed by atoms with Gasteiger partial charge in [0.1, 0.15) is 5.56 Å². The number of carboxylic acids is 1. The average molecular weight is 403 g/mol. The van der Waals surface area contributed by atoms with Crippen LogP contribution in [0.1, 0.15) is 33.2 Å². The van der Waals surface area contributed by atoms with Crippen LogP contribution in [0.3, 0.4) is 0 Å². The Labute approximate surface area is 162 Å². The highest BCUT2D eigenvalue weighted by molar-refractivity contribution is 6.06. The van der Waals surface area contributed by atoms with E-state index in [9.17, 15) is 27.9 Å². The second-order valence-electron chi connectivity index (χ2n) is 5.99. The molecule has 0 spiro atoms. The summed E-state index contributed by atoms with van der Waals surface area (Å²) in [6, 6.07) is 8.54. The minimum absolute atomic E-state index is 0.00189. The van der Waals surface area contributed by atoms with Crippen molar-refractivity contribution < 1.29 is 32.6 Å². The van der Waals surface area contributed by atoms with Crippen molar-refractivity contribution in [2.24, 2.45) is 0 Å². The third-order valence-electron chi connectivity index (χ3n) is 4.06. The third-order valence-corrected chi connectivity index (χ3v) is 4.06. The highest BCUT2D eigenvalue weighted by atomic mass is 19.4. The van der Waals surface area contributed by atoms with Crippen LogP contribution >= 0.6 is 0 Å². The number of carbonyl (C=O) groups is 2. The molecule has 0 aliphatic heterocycles. The first-order valence-corrected chi connectivity index (χ1v) is 8.46. The van der Waals surface area contributed by atoms with E-state index in [2.05, 4.69) is 10.3 Å². The van der Waals surface area contributed by atoms with E-state index >= 15 is 0 Å². The molecule has 29 heavy (non-hydrogen) atoms. The molecule has 6 nitrogen and oxygen atoms in total. The van der Waals surface area contributed by atoms with Crippen molar-refractivity contribution in [2.45, 2.75) is 13.1 Å². The van der Waals surface area contributed by atoms with E-state index in [-0.39, 0.29) is 34.3 Å². The average Bonchev–Trinajstić information content (AvgIpc) is 2.67. The maximum atomic E-state index is 13.0. The molecule has 0 saturated carbocycles. The van der Waals surface area contributed by atoms with Gasteiger partial charge in [-0.1, -0.05) is 18.2 Å². The molecule has 0 bridgehead atoms. The minimum atomic E-state index is -4.55. The van der Waals surface area contributed by atoms with Gasteiger partial charge in [-0.25, -0.2) is 4.79 Å². The highest BCUT2D eigenvalue weighted by Gasteiger charge is 2.31. The second kappa shape index (κ2) is 7.78. The van der Waals surface area contributed by atoms with Gasteiger partial charge in [0.2, 0.25) is 0 Å². The topological polar surface area (TPSA) is 91.3 Å². The van der Waals surface area contributed by atoms with Crippen LogP contribution in [0.25, 0.3) is 10.9 Å². The number of hydrogen-bond acceptors (Lipinski definition) is 6. The molecule has 1 heterocycles. The van der Waals surface area contributed by atoms with Crippen LogP contribution in [-0.2, 0) is 10.9 Å². The van der Waals surface area contributed by atoms with Crippen LogP contribution in [0, 0.1) is 0 Å². The lowest BCUT2D eigenvalue weighted by molar-refractivity contribution is -0.255. The van der Waals surface area contributed by atoms with Gasteiger partial charge in [0.25, 0.3) is 0 Å². The monoisotopic (exact) mass is 403 g/mol. The Balaban J connectivity index is 2.17. The number of carboxylic acid groups (broad SMARTS) is 1. The Bertz CT molecular complexity index is 1100. The summed E-state index contributed by atoms with van der Waals surface area (Å²) < 4.78 is 44.0. The van der Waals surface area contributed by atoms with Crippen molar-refractivity contribution in [2.75, 3.05) is 11.9 Å². The van der Waals surface area contributed by atoms with Crippen molar-refractivity contribution in [3.8, 4) is 0 Å². The summed E-state index contributed by atoms with van der Waals surface area (Å²) in [4.78, 5) is 27.4. The number of esters is 1. The molecule has 0 amide bonds. The predicted octanol–water partition coefficient (Wildman–Crippen LogP) is 3.54. The molecule has 3 aromatic rings. The van der Waals surface area contributed by atoms with E-state index in [1.165, 1.54) is 30.3 Å². The Morgan fingerprint density at radius 1 is 1.17 bits per heavy atom. The summed E-state index contributed by atoms with van der Waals surface area (Å²) in [7, 11) is 0. The van der Waals surface area contributed by atoms with Crippen molar-refractivity contribution in [3.63, 3.8) is 0 Å². The highest BCUT2D eigenvalue weighted by Crippen LogP contribution is 2.35. The number of ether oxygens (including phenoxy) is 1. The second-order valence-corrected chi connectivity index (χ2v) is 5.99. The van der Waals surface area contributed by atoms with Gasteiger partial charge in [0.05, 0.1) is 29.3 Å².